The fourth-order valence-electron chi connectivity index (χ4n) is 2.37. The topological polar surface area (TPSA) is 55.3 Å². The molecule has 19 heavy (non-hydrogen) atoms. The van der Waals surface area contributed by atoms with Gasteiger partial charge in [0.15, 0.2) is 23.2 Å². The van der Waals surface area contributed by atoms with Crippen LogP contribution in [0.3, 0.4) is 0 Å². The summed E-state index contributed by atoms with van der Waals surface area (Å²) in [6.45, 7) is 1.64. The molecule has 1 fully saturated rings. The molecule has 6 heteroatoms. The molecule has 1 aliphatic rings. The summed E-state index contributed by atoms with van der Waals surface area (Å²) in [5, 5.41) is 3.58. The van der Waals surface area contributed by atoms with Gasteiger partial charge in [0.05, 0.1) is 5.69 Å². The Hall–Kier alpha value is -2.11. The molecule has 0 unspecified atom stereocenters. The first-order valence-corrected chi connectivity index (χ1v) is 6.12. The highest BCUT2D eigenvalue weighted by Crippen LogP contribution is 2.35. The van der Waals surface area contributed by atoms with E-state index in [1.165, 1.54) is 12.1 Å². The first-order chi connectivity index (χ1) is 9.15. The van der Waals surface area contributed by atoms with Gasteiger partial charge in [-0.15, -0.1) is 0 Å². The van der Waals surface area contributed by atoms with Crippen molar-refractivity contribution in [3.63, 3.8) is 0 Å². The first-order valence-electron chi connectivity index (χ1n) is 6.12. The smallest absolute Gasteiger partial charge is 0.171 e. The van der Waals surface area contributed by atoms with Crippen LogP contribution in [0.15, 0.2) is 22.7 Å². The van der Waals surface area contributed by atoms with Crippen molar-refractivity contribution in [3.8, 4) is 11.3 Å². The molecule has 0 aliphatic carbocycles. The minimum atomic E-state index is -0.909. The summed E-state index contributed by atoms with van der Waals surface area (Å²) in [5.74, 6) is -1.21. The van der Waals surface area contributed by atoms with Crippen LogP contribution in [0, 0.1) is 11.6 Å². The van der Waals surface area contributed by atoms with Gasteiger partial charge < -0.3 is 15.2 Å². The van der Waals surface area contributed by atoms with Crippen LogP contribution in [0.4, 0.5) is 20.3 Å². The van der Waals surface area contributed by atoms with Crippen LogP contribution < -0.4 is 10.6 Å². The molecular formula is C13H13F2N3O. The van der Waals surface area contributed by atoms with E-state index < -0.39 is 11.6 Å². The van der Waals surface area contributed by atoms with Gasteiger partial charge in [-0.2, -0.15) is 0 Å². The van der Waals surface area contributed by atoms with Gasteiger partial charge in [-0.05, 0) is 18.9 Å². The van der Waals surface area contributed by atoms with Gasteiger partial charge in [-0.1, -0.05) is 5.16 Å². The number of nitrogens with two attached hydrogens (primary N) is 1. The molecule has 0 radical (unpaired) electrons. The van der Waals surface area contributed by atoms with E-state index in [-0.39, 0.29) is 5.82 Å². The molecular weight excluding hydrogens is 252 g/mol. The van der Waals surface area contributed by atoms with Crippen LogP contribution >= 0.6 is 0 Å². The maximum Gasteiger partial charge on any atom is 0.171 e. The van der Waals surface area contributed by atoms with Crippen molar-refractivity contribution >= 4 is 11.5 Å². The molecule has 100 valence electrons. The van der Waals surface area contributed by atoms with E-state index in [4.69, 9.17) is 10.3 Å². The summed E-state index contributed by atoms with van der Waals surface area (Å²) in [6, 6.07) is 3.84. The van der Waals surface area contributed by atoms with Crippen molar-refractivity contribution in [1.82, 2.24) is 5.16 Å². The van der Waals surface area contributed by atoms with Crippen LogP contribution in [0.2, 0.25) is 0 Å². The van der Waals surface area contributed by atoms with E-state index in [1.807, 2.05) is 4.90 Å². The summed E-state index contributed by atoms with van der Waals surface area (Å²) >= 11 is 0. The Morgan fingerprint density at radius 3 is 2.42 bits per heavy atom. The lowest BCUT2D eigenvalue weighted by atomic mass is 10.1. The van der Waals surface area contributed by atoms with Crippen molar-refractivity contribution in [3.05, 3.63) is 29.8 Å². The molecule has 0 saturated carbocycles. The van der Waals surface area contributed by atoms with E-state index in [0.717, 1.165) is 32.0 Å². The SMILES string of the molecule is Nc1cc(-c2cc(F)c(F)cc2N2CCCC2)on1. The summed E-state index contributed by atoms with van der Waals surface area (Å²) in [7, 11) is 0. The highest BCUT2D eigenvalue weighted by atomic mass is 19.2. The Labute approximate surface area is 108 Å². The van der Waals surface area contributed by atoms with Crippen LogP contribution in [-0.4, -0.2) is 18.2 Å². The van der Waals surface area contributed by atoms with Crippen LogP contribution in [-0.2, 0) is 0 Å². The third-order valence-electron chi connectivity index (χ3n) is 3.28. The Balaban J connectivity index is 2.12. The molecule has 2 heterocycles. The fraction of sp³-hybridized carbons (Fsp3) is 0.308. The maximum atomic E-state index is 13.5. The van der Waals surface area contributed by atoms with E-state index >= 15 is 0 Å². The van der Waals surface area contributed by atoms with Gasteiger partial charge in [0, 0.05) is 30.8 Å². The maximum absolute atomic E-state index is 13.5. The standard InChI is InChI=1S/C13H13F2N3O/c14-9-5-8(12-7-13(16)17-19-12)11(6-10(9)15)18-3-1-2-4-18/h5-7H,1-4H2,(H2,16,17). The second-order valence-electron chi connectivity index (χ2n) is 4.59. The van der Waals surface area contributed by atoms with Gasteiger partial charge >= 0.3 is 0 Å². The zero-order chi connectivity index (χ0) is 13.4. The van der Waals surface area contributed by atoms with Gasteiger partial charge in [0.25, 0.3) is 0 Å². The van der Waals surface area contributed by atoms with Gasteiger partial charge in [-0.3, -0.25) is 0 Å². The molecule has 2 N–H and O–H groups in total. The number of aromatic nitrogens is 1. The third kappa shape index (κ3) is 2.14. The Morgan fingerprint density at radius 1 is 1.11 bits per heavy atom. The summed E-state index contributed by atoms with van der Waals surface area (Å²) in [5.41, 5.74) is 6.60. The van der Waals surface area contributed by atoms with Gasteiger partial charge in [0.2, 0.25) is 0 Å². The van der Waals surface area contributed by atoms with Crippen LogP contribution in [0.25, 0.3) is 11.3 Å². The van der Waals surface area contributed by atoms with Crippen molar-refractivity contribution in [2.45, 2.75) is 12.8 Å². The molecule has 2 aromatic rings. The zero-order valence-electron chi connectivity index (χ0n) is 10.2. The Morgan fingerprint density at radius 2 is 1.79 bits per heavy atom. The first kappa shape index (κ1) is 12.0. The molecule has 1 aliphatic heterocycles. The lowest BCUT2D eigenvalue weighted by Gasteiger charge is -2.20. The monoisotopic (exact) mass is 265 g/mol. The molecule has 0 amide bonds. The molecule has 1 aromatic carbocycles. The van der Waals surface area contributed by atoms with Crippen molar-refractivity contribution in [1.29, 1.82) is 0 Å². The van der Waals surface area contributed by atoms with Crippen LogP contribution in [0.5, 0.6) is 0 Å². The van der Waals surface area contributed by atoms with Crippen molar-refractivity contribution in [2.24, 2.45) is 0 Å². The van der Waals surface area contributed by atoms with Crippen LogP contribution in [0.1, 0.15) is 12.8 Å². The fourth-order valence-corrected chi connectivity index (χ4v) is 2.37. The van der Waals surface area contributed by atoms with E-state index in [2.05, 4.69) is 5.16 Å². The molecule has 0 atom stereocenters. The molecule has 1 aromatic heterocycles. The van der Waals surface area contributed by atoms with E-state index in [0.29, 0.717) is 17.0 Å². The lowest BCUT2D eigenvalue weighted by Crippen LogP contribution is -2.18. The minimum Gasteiger partial charge on any atom is -0.381 e. The summed E-state index contributed by atoms with van der Waals surface area (Å²) < 4.78 is 32.0. The largest absolute Gasteiger partial charge is 0.381 e. The summed E-state index contributed by atoms with van der Waals surface area (Å²) in [6.07, 6.45) is 2.08. The van der Waals surface area contributed by atoms with Gasteiger partial charge in [-0.25, -0.2) is 8.78 Å². The number of rotatable bonds is 2. The van der Waals surface area contributed by atoms with Crippen molar-refractivity contribution in [2.75, 3.05) is 23.7 Å². The second-order valence-corrected chi connectivity index (χ2v) is 4.59. The lowest BCUT2D eigenvalue weighted by molar-refractivity contribution is 0.435. The van der Waals surface area contributed by atoms with E-state index in [9.17, 15) is 8.78 Å². The molecule has 0 bridgehead atoms. The average Bonchev–Trinajstić information content (AvgIpc) is 3.03. The number of hydrogen-bond acceptors (Lipinski definition) is 4. The second kappa shape index (κ2) is 4.53. The number of halogens is 2. The number of nitrogens with zero attached hydrogens (tertiary/aromatic N) is 2. The van der Waals surface area contributed by atoms with Gasteiger partial charge in [0.1, 0.15) is 0 Å². The molecule has 3 rings (SSSR count). The molecule has 0 spiro atoms. The predicted molar refractivity (Wildman–Crippen MR) is 67.7 cm³/mol. The number of anilines is 2. The third-order valence-corrected chi connectivity index (χ3v) is 3.28. The minimum absolute atomic E-state index is 0.215. The predicted octanol–water partition coefficient (Wildman–Crippen LogP) is 2.80. The zero-order valence-corrected chi connectivity index (χ0v) is 10.2. The highest BCUT2D eigenvalue weighted by molar-refractivity contribution is 5.76. The Bertz CT molecular complexity index is 606. The Kier molecular flexibility index (Phi) is 2.85. The van der Waals surface area contributed by atoms with Crippen molar-refractivity contribution < 1.29 is 13.3 Å². The normalized spacial score (nSPS) is 15.2. The number of hydrogen-bond donors (Lipinski definition) is 1. The average molecular weight is 265 g/mol. The highest BCUT2D eigenvalue weighted by Gasteiger charge is 2.21. The summed E-state index contributed by atoms with van der Waals surface area (Å²) in [4.78, 5) is 2.01. The van der Waals surface area contributed by atoms with E-state index in [1.54, 1.807) is 0 Å². The number of benzene rings is 1. The molecule has 4 nitrogen and oxygen atoms in total. The molecule has 1 saturated heterocycles. The quantitative estimate of drug-likeness (QED) is 0.907. The number of nitrogen functional groups attached to an aromatic ring is 1.